The van der Waals surface area contributed by atoms with E-state index >= 15 is 0 Å². The van der Waals surface area contributed by atoms with Crippen molar-refractivity contribution in [3.8, 4) is 5.75 Å². The van der Waals surface area contributed by atoms with E-state index in [1.807, 2.05) is 17.4 Å². The average molecular weight is 371 g/mol. The van der Waals surface area contributed by atoms with Gasteiger partial charge in [0.1, 0.15) is 5.75 Å². The van der Waals surface area contributed by atoms with Gasteiger partial charge in [0.2, 0.25) is 0 Å². The molecule has 1 aromatic heterocycles. The number of piperidine rings is 2. The number of ether oxygens (including phenoxy) is 1. The second-order valence-electron chi connectivity index (χ2n) is 8.04. The Bertz CT molecular complexity index is 682. The van der Waals surface area contributed by atoms with Crippen molar-refractivity contribution in [2.75, 3.05) is 33.3 Å². The van der Waals surface area contributed by atoms with Crippen LogP contribution in [0.15, 0.2) is 41.1 Å². The first-order chi connectivity index (χ1) is 12.7. The molecule has 2 saturated heterocycles. The van der Waals surface area contributed by atoms with Crippen molar-refractivity contribution in [3.63, 3.8) is 0 Å². The van der Waals surface area contributed by atoms with Gasteiger partial charge in [-0.05, 0) is 97.4 Å². The van der Waals surface area contributed by atoms with Gasteiger partial charge in [0.15, 0.2) is 0 Å². The Morgan fingerprint density at radius 3 is 2.15 bits per heavy atom. The lowest BCUT2D eigenvalue weighted by atomic mass is 9.71. The van der Waals surface area contributed by atoms with Crippen LogP contribution in [0.5, 0.6) is 5.75 Å². The van der Waals surface area contributed by atoms with E-state index in [-0.39, 0.29) is 0 Å². The first kappa shape index (κ1) is 18.0. The first-order valence-electron chi connectivity index (χ1n) is 9.83. The van der Waals surface area contributed by atoms with Crippen molar-refractivity contribution in [2.24, 2.45) is 5.41 Å². The maximum atomic E-state index is 5.36. The summed E-state index contributed by atoms with van der Waals surface area (Å²) >= 11 is 1.81. The molecule has 2 fully saturated rings. The molecule has 0 amide bonds. The van der Waals surface area contributed by atoms with E-state index < -0.39 is 0 Å². The molecule has 0 unspecified atom stereocenters. The van der Waals surface area contributed by atoms with Crippen LogP contribution in [0, 0.1) is 5.41 Å². The van der Waals surface area contributed by atoms with E-state index in [1.165, 1.54) is 63.0 Å². The van der Waals surface area contributed by atoms with Gasteiger partial charge in [0.05, 0.1) is 7.11 Å². The molecule has 4 rings (SSSR count). The molecule has 26 heavy (non-hydrogen) atoms. The predicted molar refractivity (Wildman–Crippen MR) is 109 cm³/mol. The SMILES string of the molecule is COc1cccc(CN2CCC3(CCN(Cc4ccsc4)CC3)CC2)c1. The minimum atomic E-state index is 0.607. The number of rotatable bonds is 5. The van der Waals surface area contributed by atoms with Crippen molar-refractivity contribution >= 4 is 11.3 Å². The zero-order valence-electron chi connectivity index (χ0n) is 15.8. The van der Waals surface area contributed by atoms with Gasteiger partial charge in [-0.15, -0.1) is 0 Å². The van der Waals surface area contributed by atoms with Gasteiger partial charge >= 0.3 is 0 Å². The highest BCUT2D eigenvalue weighted by Gasteiger charge is 2.37. The molecule has 0 aliphatic carbocycles. The summed E-state index contributed by atoms with van der Waals surface area (Å²) in [5, 5.41) is 4.49. The van der Waals surface area contributed by atoms with Gasteiger partial charge in [-0.1, -0.05) is 12.1 Å². The number of likely N-dealkylation sites (tertiary alicyclic amines) is 2. The number of benzene rings is 1. The van der Waals surface area contributed by atoms with Gasteiger partial charge in [0.25, 0.3) is 0 Å². The molecular weight excluding hydrogens is 340 g/mol. The van der Waals surface area contributed by atoms with Crippen LogP contribution < -0.4 is 4.74 Å². The van der Waals surface area contributed by atoms with Crippen LogP contribution >= 0.6 is 11.3 Å². The number of methoxy groups -OCH3 is 1. The average Bonchev–Trinajstić information content (AvgIpc) is 3.19. The molecule has 2 aromatic rings. The van der Waals surface area contributed by atoms with E-state index in [0.29, 0.717) is 5.41 Å². The second kappa shape index (κ2) is 8.12. The summed E-state index contributed by atoms with van der Waals surface area (Å²) in [6.07, 6.45) is 5.49. The lowest BCUT2D eigenvalue weighted by Gasteiger charge is -2.47. The fourth-order valence-electron chi connectivity index (χ4n) is 4.54. The van der Waals surface area contributed by atoms with Crippen LogP contribution in [0.4, 0.5) is 0 Å². The number of hydrogen-bond acceptors (Lipinski definition) is 4. The third-order valence-corrected chi connectivity index (χ3v) is 7.09. The molecule has 0 atom stereocenters. The van der Waals surface area contributed by atoms with Crippen LogP contribution in [-0.2, 0) is 13.1 Å². The quantitative estimate of drug-likeness (QED) is 0.763. The maximum Gasteiger partial charge on any atom is 0.119 e. The van der Waals surface area contributed by atoms with E-state index in [4.69, 9.17) is 4.74 Å². The Balaban J connectivity index is 1.25. The minimum Gasteiger partial charge on any atom is -0.497 e. The lowest BCUT2D eigenvalue weighted by Crippen LogP contribution is -2.46. The molecule has 0 bridgehead atoms. The molecule has 0 saturated carbocycles. The monoisotopic (exact) mass is 370 g/mol. The summed E-state index contributed by atoms with van der Waals surface area (Å²) in [6.45, 7) is 7.21. The first-order valence-corrected chi connectivity index (χ1v) is 10.8. The minimum absolute atomic E-state index is 0.607. The number of hydrogen-bond donors (Lipinski definition) is 0. The molecular formula is C22H30N2OS. The summed E-state index contributed by atoms with van der Waals surface area (Å²) in [5.41, 5.74) is 3.46. The Labute approximate surface area is 161 Å². The van der Waals surface area contributed by atoms with Gasteiger partial charge < -0.3 is 4.74 Å². The predicted octanol–water partition coefficient (Wildman–Crippen LogP) is 4.63. The van der Waals surface area contributed by atoms with E-state index in [9.17, 15) is 0 Å². The largest absolute Gasteiger partial charge is 0.497 e. The summed E-state index contributed by atoms with van der Waals surface area (Å²) in [5.74, 6) is 0.967. The third kappa shape index (κ3) is 4.30. The van der Waals surface area contributed by atoms with Crippen LogP contribution in [0.2, 0.25) is 0 Å². The molecule has 4 heteroatoms. The Morgan fingerprint density at radius 2 is 1.58 bits per heavy atom. The molecule has 0 N–H and O–H groups in total. The normalized spacial score (nSPS) is 21.1. The van der Waals surface area contributed by atoms with Gasteiger partial charge in [-0.3, -0.25) is 9.80 Å². The topological polar surface area (TPSA) is 15.7 Å². The van der Waals surface area contributed by atoms with E-state index in [0.717, 1.165) is 18.8 Å². The second-order valence-corrected chi connectivity index (χ2v) is 8.82. The highest BCUT2D eigenvalue weighted by molar-refractivity contribution is 7.07. The van der Waals surface area contributed by atoms with Crippen LogP contribution in [0.1, 0.15) is 36.8 Å². The standard InChI is InChI=1S/C22H30N2OS/c1-25-21-4-2-3-19(15-21)16-23-10-6-22(7-11-23)8-12-24(13-9-22)17-20-5-14-26-18-20/h2-5,14-15,18H,6-13,16-17H2,1H3. The zero-order chi connectivity index (χ0) is 17.8. The van der Waals surface area contributed by atoms with Crippen molar-refractivity contribution in [1.82, 2.24) is 9.80 Å². The molecule has 1 aromatic carbocycles. The maximum absolute atomic E-state index is 5.36. The molecule has 3 heterocycles. The summed E-state index contributed by atoms with van der Waals surface area (Å²) in [7, 11) is 1.74. The Kier molecular flexibility index (Phi) is 5.63. The molecule has 140 valence electrons. The molecule has 2 aliphatic rings. The van der Waals surface area contributed by atoms with Gasteiger partial charge in [-0.25, -0.2) is 0 Å². The van der Waals surface area contributed by atoms with Crippen molar-refractivity contribution in [2.45, 2.75) is 38.8 Å². The van der Waals surface area contributed by atoms with Crippen LogP contribution in [-0.4, -0.2) is 43.1 Å². The molecule has 1 spiro atoms. The molecule has 2 aliphatic heterocycles. The number of thiophene rings is 1. The van der Waals surface area contributed by atoms with Gasteiger partial charge in [-0.2, -0.15) is 11.3 Å². The highest BCUT2D eigenvalue weighted by Crippen LogP contribution is 2.41. The van der Waals surface area contributed by atoms with E-state index in [1.54, 1.807) is 7.11 Å². The van der Waals surface area contributed by atoms with Crippen molar-refractivity contribution in [3.05, 3.63) is 52.2 Å². The third-order valence-electron chi connectivity index (χ3n) is 6.36. The molecule has 0 radical (unpaired) electrons. The van der Waals surface area contributed by atoms with E-state index in [2.05, 4.69) is 44.8 Å². The highest BCUT2D eigenvalue weighted by atomic mass is 32.1. The van der Waals surface area contributed by atoms with Crippen molar-refractivity contribution < 1.29 is 4.74 Å². The lowest BCUT2D eigenvalue weighted by molar-refractivity contribution is 0.0300. The Morgan fingerprint density at radius 1 is 0.923 bits per heavy atom. The fraction of sp³-hybridized carbons (Fsp3) is 0.545. The van der Waals surface area contributed by atoms with Crippen LogP contribution in [0.3, 0.4) is 0 Å². The fourth-order valence-corrected chi connectivity index (χ4v) is 5.20. The number of nitrogens with zero attached hydrogens (tertiary/aromatic N) is 2. The molecule has 3 nitrogen and oxygen atoms in total. The van der Waals surface area contributed by atoms with Gasteiger partial charge in [0, 0.05) is 13.1 Å². The smallest absolute Gasteiger partial charge is 0.119 e. The summed E-state index contributed by atoms with van der Waals surface area (Å²) in [6, 6.07) is 10.8. The summed E-state index contributed by atoms with van der Waals surface area (Å²) < 4.78 is 5.36. The van der Waals surface area contributed by atoms with Crippen molar-refractivity contribution in [1.29, 1.82) is 0 Å². The summed E-state index contributed by atoms with van der Waals surface area (Å²) in [4.78, 5) is 5.27. The van der Waals surface area contributed by atoms with Crippen LogP contribution in [0.25, 0.3) is 0 Å². The Hall–Kier alpha value is -1.36. The zero-order valence-corrected chi connectivity index (χ0v) is 16.6.